The van der Waals surface area contributed by atoms with E-state index in [1.165, 1.54) is 18.4 Å². The van der Waals surface area contributed by atoms with Gasteiger partial charge in [0.25, 0.3) is 0 Å². The summed E-state index contributed by atoms with van der Waals surface area (Å²) in [4.78, 5) is 12.2. The maximum atomic E-state index is 12.2. The zero-order chi connectivity index (χ0) is 16.8. The van der Waals surface area contributed by atoms with E-state index in [4.69, 9.17) is 0 Å². The number of ketones is 1. The molecule has 124 valence electrons. The molecular formula is C20H32O2. The van der Waals surface area contributed by atoms with Crippen LogP contribution in [-0.4, -0.2) is 16.5 Å². The zero-order valence-corrected chi connectivity index (χ0v) is 14.9. The number of aliphatic hydroxyl groups is 1. The molecule has 0 aromatic carbocycles. The molecule has 2 nitrogen and oxygen atoms in total. The SMILES string of the molecule is C=C[C@](C)(O)CC[C@@]1(C)C(C)CC[C@@]2(C)C(C)=CC(=O)C[C@@H]21. The molecule has 0 spiro atoms. The normalized spacial score (nSPS) is 41.4. The van der Waals surface area contributed by atoms with Crippen LogP contribution in [0.4, 0.5) is 0 Å². The van der Waals surface area contributed by atoms with Crippen LogP contribution in [0.3, 0.4) is 0 Å². The molecule has 0 heterocycles. The minimum absolute atomic E-state index is 0.0885. The second kappa shape index (κ2) is 5.63. The van der Waals surface area contributed by atoms with Crippen molar-refractivity contribution in [2.24, 2.45) is 22.7 Å². The summed E-state index contributed by atoms with van der Waals surface area (Å²) in [7, 11) is 0. The van der Waals surface area contributed by atoms with Crippen LogP contribution in [0.25, 0.3) is 0 Å². The predicted octanol–water partition coefficient (Wildman–Crippen LogP) is 4.68. The van der Waals surface area contributed by atoms with Crippen LogP contribution in [0.5, 0.6) is 0 Å². The second-order valence-corrected chi connectivity index (χ2v) is 8.47. The van der Waals surface area contributed by atoms with E-state index in [9.17, 15) is 9.90 Å². The van der Waals surface area contributed by atoms with Crippen LogP contribution in [0.1, 0.15) is 66.7 Å². The van der Waals surface area contributed by atoms with Crippen molar-refractivity contribution in [2.45, 2.75) is 72.3 Å². The quantitative estimate of drug-likeness (QED) is 0.766. The van der Waals surface area contributed by atoms with Gasteiger partial charge in [0.1, 0.15) is 0 Å². The smallest absolute Gasteiger partial charge is 0.155 e. The molecule has 0 aromatic rings. The Morgan fingerprint density at radius 3 is 2.73 bits per heavy atom. The van der Waals surface area contributed by atoms with Crippen molar-refractivity contribution < 1.29 is 9.90 Å². The van der Waals surface area contributed by atoms with Crippen molar-refractivity contribution in [3.05, 3.63) is 24.3 Å². The summed E-state index contributed by atoms with van der Waals surface area (Å²) in [6.07, 6.45) is 8.17. The van der Waals surface area contributed by atoms with E-state index in [0.717, 1.165) is 6.42 Å². The van der Waals surface area contributed by atoms with Gasteiger partial charge in [-0.25, -0.2) is 0 Å². The summed E-state index contributed by atoms with van der Waals surface area (Å²) in [5, 5.41) is 10.3. The molecule has 0 aliphatic heterocycles. The van der Waals surface area contributed by atoms with Crippen LogP contribution in [0.15, 0.2) is 24.3 Å². The molecule has 0 saturated heterocycles. The van der Waals surface area contributed by atoms with Gasteiger partial charge in [-0.3, -0.25) is 4.79 Å². The highest BCUT2D eigenvalue weighted by atomic mass is 16.3. The third-order valence-electron chi connectivity index (χ3n) is 7.08. The van der Waals surface area contributed by atoms with E-state index in [1.54, 1.807) is 6.08 Å². The fourth-order valence-electron chi connectivity index (χ4n) is 4.73. The van der Waals surface area contributed by atoms with Gasteiger partial charge in [-0.2, -0.15) is 0 Å². The Hall–Kier alpha value is -0.890. The molecule has 2 aliphatic rings. The van der Waals surface area contributed by atoms with Crippen molar-refractivity contribution in [3.63, 3.8) is 0 Å². The number of hydrogen-bond donors (Lipinski definition) is 1. The maximum absolute atomic E-state index is 12.2. The van der Waals surface area contributed by atoms with Crippen LogP contribution in [-0.2, 0) is 4.79 Å². The first kappa shape index (κ1) is 17.5. The fraction of sp³-hybridized carbons (Fsp3) is 0.750. The minimum Gasteiger partial charge on any atom is -0.386 e. The molecule has 0 aromatic heterocycles. The number of carbonyl (C=O) groups is 1. The number of hydrogen-bond acceptors (Lipinski definition) is 2. The van der Waals surface area contributed by atoms with Gasteiger partial charge in [0.05, 0.1) is 5.60 Å². The number of rotatable bonds is 4. The van der Waals surface area contributed by atoms with Crippen LogP contribution in [0.2, 0.25) is 0 Å². The largest absolute Gasteiger partial charge is 0.386 e. The average Bonchev–Trinajstić information content (AvgIpc) is 2.45. The number of fused-ring (bicyclic) bond motifs is 1. The lowest BCUT2D eigenvalue weighted by molar-refractivity contribution is -0.124. The number of allylic oxidation sites excluding steroid dienone is 2. The molecule has 1 saturated carbocycles. The van der Waals surface area contributed by atoms with E-state index < -0.39 is 5.60 Å². The first-order chi connectivity index (χ1) is 10.0. The molecule has 2 rings (SSSR count). The highest BCUT2D eigenvalue weighted by Crippen LogP contribution is 2.61. The lowest BCUT2D eigenvalue weighted by Gasteiger charge is -2.58. The van der Waals surface area contributed by atoms with Crippen LogP contribution in [0, 0.1) is 22.7 Å². The van der Waals surface area contributed by atoms with E-state index in [2.05, 4.69) is 34.3 Å². The minimum atomic E-state index is -0.819. The van der Waals surface area contributed by atoms with Gasteiger partial charge in [-0.1, -0.05) is 32.4 Å². The monoisotopic (exact) mass is 304 g/mol. The zero-order valence-electron chi connectivity index (χ0n) is 14.9. The van der Waals surface area contributed by atoms with Gasteiger partial charge >= 0.3 is 0 Å². The Morgan fingerprint density at radius 1 is 1.50 bits per heavy atom. The Kier molecular flexibility index (Phi) is 4.47. The van der Waals surface area contributed by atoms with E-state index in [0.29, 0.717) is 24.7 Å². The highest BCUT2D eigenvalue weighted by molar-refractivity contribution is 5.92. The Bertz CT molecular complexity index is 502. The first-order valence-corrected chi connectivity index (χ1v) is 8.63. The maximum Gasteiger partial charge on any atom is 0.155 e. The molecule has 5 atom stereocenters. The molecule has 0 radical (unpaired) electrons. The number of carbonyl (C=O) groups excluding carboxylic acids is 1. The molecule has 0 bridgehead atoms. The Labute approximate surface area is 135 Å². The Balaban J connectivity index is 2.34. The molecule has 1 fully saturated rings. The van der Waals surface area contributed by atoms with E-state index in [-0.39, 0.29) is 16.6 Å². The van der Waals surface area contributed by atoms with Crippen LogP contribution < -0.4 is 0 Å². The summed E-state index contributed by atoms with van der Waals surface area (Å²) >= 11 is 0. The van der Waals surface area contributed by atoms with E-state index >= 15 is 0 Å². The van der Waals surface area contributed by atoms with Crippen LogP contribution >= 0.6 is 0 Å². The van der Waals surface area contributed by atoms with Gasteiger partial charge < -0.3 is 5.11 Å². The summed E-state index contributed by atoms with van der Waals surface area (Å²) in [5.74, 6) is 1.22. The standard InChI is InChI=1S/C20H32O2/c1-7-18(4,22)10-11-20(6)14(2)8-9-19(5)15(3)12-16(21)13-17(19)20/h7,12,14,17,22H,1,8-11,13H2,2-6H3/t14?,17-,18-,19-,20-/m0/s1. The van der Waals surface area contributed by atoms with E-state index in [1.807, 2.05) is 13.0 Å². The summed E-state index contributed by atoms with van der Waals surface area (Å²) in [5.41, 5.74) is 0.655. The lowest BCUT2D eigenvalue weighted by atomic mass is 9.46. The topological polar surface area (TPSA) is 37.3 Å². The fourth-order valence-corrected chi connectivity index (χ4v) is 4.73. The third-order valence-corrected chi connectivity index (χ3v) is 7.08. The third kappa shape index (κ3) is 2.82. The summed E-state index contributed by atoms with van der Waals surface area (Å²) in [6, 6.07) is 0. The van der Waals surface area contributed by atoms with Gasteiger partial charge in [-0.15, -0.1) is 6.58 Å². The average molecular weight is 304 g/mol. The summed E-state index contributed by atoms with van der Waals surface area (Å²) < 4.78 is 0. The van der Waals surface area contributed by atoms with Crippen molar-refractivity contribution >= 4 is 5.78 Å². The highest BCUT2D eigenvalue weighted by Gasteiger charge is 2.54. The molecule has 1 unspecified atom stereocenters. The molecule has 2 heteroatoms. The molecule has 2 aliphatic carbocycles. The van der Waals surface area contributed by atoms with Gasteiger partial charge in [-0.05, 0) is 68.3 Å². The predicted molar refractivity (Wildman–Crippen MR) is 91.5 cm³/mol. The van der Waals surface area contributed by atoms with Crippen molar-refractivity contribution in [1.29, 1.82) is 0 Å². The molecule has 22 heavy (non-hydrogen) atoms. The van der Waals surface area contributed by atoms with Crippen molar-refractivity contribution in [1.82, 2.24) is 0 Å². The van der Waals surface area contributed by atoms with Gasteiger partial charge in [0.2, 0.25) is 0 Å². The van der Waals surface area contributed by atoms with Crippen molar-refractivity contribution in [3.8, 4) is 0 Å². The molecule has 0 amide bonds. The summed E-state index contributed by atoms with van der Waals surface area (Å²) in [6.45, 7) is 14.7. The molecule has 1 N–H and O–H groups in total. The Morgan fingerprint density at radius 2 is 2.14 bits per heavy atom. The second-order valence-electron chi connectivity index (χ2n) is 8.47. The lowest BCUT2D eigenvalue weighted by Crippen LogP contribution is -2.51. The molecular weight excluding hydrogens is 272 g/mol. The van der Waals surface area contributed by atoms with Gasteiger partial charge in [0, 0.05) is 6.42 Å². The van der Waals surface area contributed by atoms with Gasteiger partial charge in [0.15, 0.2) is 5.78 Å². The van der Waals surface area contributed by atoms with Crippen molar-refractivity contribution in [2.75, 3.05) is 0 Å². The first-order valence-electron chi connectivity index (χ1n) is 8.63.